The van der Waals surface area contributed by atoms with Crippen LogP contribution >= 0.6 is 0 Å². The predicted molar refractivity (Wildman–Crippen MR) is 69.3 cm³/mol. The first-order valence-corrected chi connectivity index (χ1v) is 5.45. The lowest BCUT2D eigenvalue weighted by Gasteiger charge is -1.91. The number of pyridine rings is 1. The van der Waals surface area contributed by atoms with Crippen LogP contribution in [0.15, 0.2) is 48.8 Å². The molecule has 3 nitrogen and oxygen atoms in total. The van der Waals surface area contributed by atoms with Crippen LogP contribution < -0.4 is 0 Å². The number of hydrogen-bond donors (Lipinski definition) is 1. The number of nitrogens with zero attached hydrogens (tertiary/aromatic N) is 2. The molecule has 0 unspecified atom stereocenters. The first kappa shape index (κ1) is 9.78. The minimum atomic E-state index is 0.956. The minimum absolute atomic E-state index is 0.956. The van der Waals surface area contributed by atoms with E-state index in [1.54, 1.807) is 12.4 Å². The second kappa shape index (κ2) is 4.22. The SMILES string of the molecule is C(=C\c1n[nH]c2ccccc12)/c1ccncc1. The van der Waals surface area contributed by atoms with E-state index in [0.717, 1.165) is 22.2 Å². The summed E-state index contributed by atoms with van der Waals surface area (Å²) in [6.07, 6.45) is 7.60. The van der Waals surface area contributed by atoms with Gasteiger partial charge in [-0.2, -0.15) is 5.10 Å². The lowest BCUT2D eigenvalue weighted by atomic mass is 10.2. The Morgan fingerprint density at radius 3 is 2.65 bits per heavy atom. The number of benzene rings is 1. The predicted octanol–water partition coefficient (Wildman–Crippen LogP) is 3.13. The molecule has 0 fully saturated rings. The Hall–Kier alpha value is -2.42. The molecule has 0 aliphatic heterocycles. The highest BCUT2D eigenvalue weighted by Gasteiger charge is 2.00. The van der Waals surface area contributed by atoms with Crippen LogP contribution in [-0.4, -0.2) is 15.2 Å². The molecule has 0 saturated heterocycles. The van der Waals surface area contributed by atoms with Crippen LogP contribution in [0.1, 0.15) is 11.3 Å². The zero-order valence-electron chi connectivity index (χ0n) is 9.17. The molecule has 0 radical (unpaired) electrons. The molecule has 3 rings (SSSR count). The molecule has 3 aromatic rings. The molecular formula is C14H11N3. The smallest absolute Gasteiger partial charge is 0.0927 e. The number of aromatic nitrogens is 3. The molecule has 1 N–H and O–H groups in total. The third-order valence-electron chi connectivity index (χ3n) is 2.64. The summed E-state index contributed by atoms with van der Waals surface area (Å²) in [5, 5.41) is 8.43. The van der Waals surface area contributed by atoms with E-state index >= 15 is 0 Å². The third-order valence-corrected chi connectivity index (χ3v) is 2.64. The summed E-state index contributed by atoms with van der Waals surface area (Å²) in [7, 11) is 0. The quantitative estimate of drug-likeness (QED) is 0.722. The summed E-state index contributed by atoms with van der Waals surface area (Å²) in [4.78, 5) is 3.98. The molecule has 2 aromatic heterocycles. The first-order chi connectivity index (χ1) is 8.43. The Kier molecular flexibility index (Phi) is 2.43. The molecule has 0 saturated carbocycles. The fraction of sp³-hybridized carbons (Fsp3) is 0. The third kappa shape index (κ3) is 1.95. The van der Waals surface area contributed by atoms with E-state index < -0.39 is 0 Å². The van der Waals surface area contributed by atoms with E-state index in [1.165, 1.54) is 0 Å². The van der Waals surface area contributed by atoms with Gasteiger partial charge in [0.1, 0.15) is 0 Å². The number of rotatable bonds is 2. The van der Waals surface area contributed by atoms with Gasteiger partial charge in [-0.05, 0) is 29.8 Å². The molecule has 2 heterocycles. The zero-order valence-corrected chi connectivity index (χ0v) is 9.17. The van der Waals surface area contributed by atoms with Crippen molar-refractivity contribution in [2.45, 2.75) is 0 Å². The van der Waals surface area contributed by atoms with E-state index in [2.05, 4.69) is 21.2 Å². The highest BCUT2D eigenvalue weighted by Crippen LogP contribution is 2.17. The fourth-order valence-electron chi connectivity index (χ4n) is 1.76. The Morgan fingerprint density at radius 2 is 1.76 bits per heavy atom. The van der Waals surface area contributed by atoms with E-state index in [-0.39, 0.29) is 0 Å². The van der Waals surface area contributed by atoms with Crippen molar-refractivity contribution in [2.75, 3.05) is 0 Å². The van der Waals surface area contributed by atoms with Crippen LogP contribution in [0, 0.1) is 0 Å². The molecule has 0 aliphatic rings. The standard InChI is InChI=1S/C14H11N3/c1-2-4-13-12(3-1)14(17-16-13)6-5-11-7-9-15-10-8-11/h1-10H,(H,16,17)/b6-5+. The molecule has 1 aromatic carbocycles. The maximum absolute atomic E-state index is 4.28. The van der Waals surface area contributed by atoms with Gasteiger partial charge in [0.05, 0.1) is 11.2 Å². The Bertz CT molecular complexity index is 653. The van der Waals surface area contributed by atoms with E-state index in [0.29, 0.717) is 0 Å². The number of nitrogens with one attached hydrogen (secondary N) is 1. The van der Waals surface area contributed by atoms with Gasteiger partial charge < -0.3 is 0 Å². The number of para-hydroxylation sites is 1. The van der Waals surface area contributed by atoms with Crippen molar-refractivity contribution >= 4 is 23.1 Å². The maximum atomic E-state index is 4.28. The van der Waals surface area contributed by atoms with Gasteiger partial charge in [-0.15, -0.1) is 0 Å². The average Bonchev–Trinajstić information content (AvgIpc) is 2.81. The monoisotopic (exact) mass is 221 g/mol. The van der Waals surface area contributed by atoms with E-state index in [4.69, 9.17) is 0 Å². The van der Waals surface area contributed by atoms with Crippen molar-refractivity contribution in [1.82, 2.24) is 15.2 Å². The zero-order chi connectivity index (χ0) is 11.5. The molecule has 0 atom stereocenters. The second-order valence-corrected chi connectivity index (χ2v) is 3.77. The Balaban J connectivity index is 1.98. The van der Waals surface area contributed by atoms with Crippen molar-refractivity contribution < 1.29 is 0 Å². The van der Waals surface area contributed by atoms with Crippen molar-refractivity contribution in [1.29, 1.82) is 0 Å². The number of H-pyrrole nitrogens is 1. The number of aromatic amines is 1. The highest BCUT2D eigenvalue weighted by molar-refractivity contribution is 5.89. The topological polar surface area (TPSA) is 41.6 Å². The minimum Gasteiger partial charge on any atom is -0.277 e. The molecular weight excluding hydrogens is 210 g/mol. The van der Waals surface area contributed by atoms with Crippen LogP contribution in [0.4, 0.5) is 0 Å². The molecule has 0 bridgehead atoms. The second-order valence-electron chi connectivity index (χ2n) is 3.77. The molecule has 3 heteroatoms. The van der Waals surface area contributed by atoms with Gasteiger partial charge in [0.25, 0.3) is 0 Å². The van der Waals surface area contributed by atoms with Gasteiger partial charge in [0, 0.05) is 17.8 Å². The summed E-state index contributed by atoms with van der Waals surface area (Å²) in [6, 6.07) is 12.0. The van der Waals surface area contributed by atoms with Crippen LogP contribution in [0.25, 0.3) is 23.1 Å². The highest BCUT2D eigenvalue weighted by atomic mass is 15.1. The first-order valence-electron chi connectivity index (χ1n) is 5.45. The van der Waals surface area contributed by atoms with Crippen LogP contribution in [0.3, 0.4) is 0 Å². The van der Waals surface area contributed by atoms with Gasteiger partial charge in [0.2, 0.25) is 0 Å². The summed E-state index contributed by atoms with van der Waals surface area (Å²) < 4.78 is 0. The Labute approximate surface area is 98.8 Å². The lowest BCUT2D eigenvalue weighted by molar-refractivity contribution is 1.11. The summed E-state index contributed by atoms with van der Waals surface area (Å²) in [5.41, 5.74) is 3.13. The van der Waals surface area contributed by atoms with Gasteiger partial charge in [-0.1, -0.05) is 24.3 Å². The van der Waals surface area contributed by atoms with Crippen molar-refractivity contribution in [2.24, 2.45) is 0 Å². The van der Waals surface area contributed by atoms with Crippen LogP contribution in [0.5, 0.6) is 0 Å². The molecule has 0 spiro atoms. The average molecular weight is 221 g/mol. The Morgan fingerprint density at radius 1 is 0.941 bits per heavy atom. The van der Waals surface area contributed by atoms with Gasteiger partial charge in [-0.25, -0.2) is 0 Å². The lowest BCUT2D eigenvalue weighted by Crippen LogP contribution is -1.74. The van der Waals surface area contributed by atoms with Crippen LogP contribution in [0.2, 0.25) is 0 Å². The van der Waals surface area contributed by atoms with E-state index in [9.17, 15) is 0 Å². The normalized spacial score (nSPS) is 11.3. The van der Waals surface area contributed by atoms with Gasteiger partial charge in [-0.3, -0.25) is 10.1 Å². The largest absolute Gasteiger partial charge is 0.277 e. The van der Waals surface area contributed by atoms with Crippen molar-refractivity contribution in [3.05, 3.63) is 60.0 Å². The number of hydrogen-bond acceptors (Lipinski definition) is 2. The van der Waals surface area contributed by atoms with Crippen molar-refractivity contribution in [3.63, 3.8) is 0 Å². The molecule has 82 valence electrons. The molecule has 0 amide bonds. The maximum Gasteiger partial charge on any atom is 0.0927 e. The van der Waals surface area contributed by atoms with Gasteiger partial charge >= 0.3 is 0 Å². The fourth-order valence-corrected chi connectivity index (χ4v) is 1.76. The molecule has 0 aliphatic carbocycles. The summed E-state index contributed by atoms with van der Waals surface area (Å²) >= 11 is 0. The van der Waals surface area contributed by atoms with Crippen molar-refractivity contribution in [3.8, 4) is 0 Å². The van der Waals surface area contributed by atoms with E-state index in [1.807, 2.05) is 42.5 Å². The van der Waals surface area contributed by atoms with Gasteiger partial charge in [0.15, 0.2) is 0 Å². The summed E-state index contributed by atoms with van der Waals surface area (Å²) in [6.45, 7) is 0. The summed E-state index contributed by atoms with van der Waals surface area (Å²) in [5.74, 6) is 0. The molecule has 17 heavy (non-hydrogen) atoms. The number of fused-ring (bicyclic) bond motifs is 1. The van der Waals surface area contributed by atoms with Crippen LogP contribution in [-0.2, 0) is 0 Å².